The third-order valence-corrected chi connectivity index (χ3v) is 1.74. The van der Waals surface area contributed by atoms with Gasteiger partial charge in [-0.2, -0.15) is 0 Å². The maximum atomic E-state index is 11.0. The molecule has 0 spiro atoms. The Labute approximate surface area is 82.3 Å². The Bertz CT molecular complexity index is 308. The van der Waals surface area contributed by atoms with Gasteiger partial charge in [-0.25, -0.2) is 0 Å². The molecule has 1 atom stereocenters. The monoisotopic (exact) mass is 193 g/mol. The molecule has 0 fully saturated rings. The van der Waals surface area contributed by atoms with Crippen LogP contribution in [-0.2, 0) is 16.0 Å². The lowest BCUT2D eigenvalue weighted by Crippen LogP contribution is -2.33. The van der Waals surface area contributed by atoms with Crippen LogP contribution >= 0.6 is 0 Å². The molecule has 0 aromatic heterocycles. The van der Waals surface area contributed by atoms with Crippen molar-refractivity contribution in [2.45, 2.75) is 12.5 Å². The van der Waals surface area contributed by atoms with Crippen LogP contribution in [0.3, 0.4) is 0 Å². The maximum Gasteiger partial charge on any atom is 0.323 e. The standard InChI is InChI=1S/C10H11NO3/c1-14-10(13)9(11)6-7-2-4-8(12)5-3-7/h2,4,9,12H,6,11H2,1H3. The van der Waals surface area contributed by atoms with Crippen LogP contribution in [0.25, 0.3) is 0 Å². The highest BCUT2D eigenvalue weighted by atomic mass is 16.5. The second-order valence-corrected chi connectivity index (χ2v) is 2.83. The van der Waals surface area contributed by atoms with Gasteiger partial charge in [0.05, 0.1) is 7.11 Å². The fourth-order valence-electron chi connectivity index (χ4n) is 0.998. The van der Waals surface area contributed by atoms with E-state index in [2.05, 4.69) is 16.9 Å². The van der Waals surface area contributed by atoms with Gasteiger partial charge < -0.3 is 15.6 Å². The summed E-state index contributed by atoms with van der Waals surface area (Å²) in [4.78, 5) is 11.0. The van der Waals surface area contributed by atoms with Crippen LogP contribution < -0.4 is 5.73 Å². The molecule has 3 N–H and O–H groups in total. The zero-order valence-electron chi connectivity index (χ0n) is 7.78. The zero-order chi connectivity index (χ0) is 10.6. The number of rotatable bonds is 3. The van der Waals surface area contributed by atoms with E-state index in [1.54, 1.807) is 6.07 Å². The number of ether oxygens (including phenoxy) is 1. The number of hydrogen-bond acceptors (Lipinski definition) is 4. The van der Waals surface area contributed by atoms with Crippen molar-refractivity contribution < 1.29 is 14.6 Å². The molecular weight excluding hydrogens is 182 g/mol. The minimum atomic E-state index is -0.700. The molecule has 14 heavy (non-hydrogen) atoms. The van der Waals surface area contributed by atoms with Crippen LogP contribution in [0.15, 0.2) is 12.1 Å². The maximum absolute atomic E-state index is 11.0. The van der Waals surface area contributed by atoms with Crippen LogP contribution in [0, 0.1) is 12.1 Å². The lowest BCUT2D eigenvalue weighted by Gasteiger charge is -2.07. The van der Waals surface area contributed by atoms with Crippen molar-refractivity contribution in [3.8, 4) is 5.75 Å². The fraction of sp³-hybridized carbons (Fsp3) is 0.300. The molecule has 0 amide bonds. The van der Waals surface area contributed by atoms with Gasteiger partial charge in [-0.3, -0.25) is 4.79 Å². The average molecular weight is 193 g/mol. The van der Waals surface area contributed by atoms with Crippen molar-refractivity contribution in [3.63, 3.8) is 0 Å². The number of aromatic hydroxyl groups is 1. The van der Waals surface area contributed by atoms with Gasteiger partial charge in [0.15, 0.2) is 5.75 Å². The summed E-state index contributed by atoms with van der Waals surface area (Å²) in [5.41, 5.74) is 6.24. The normalized spacial score (nSPS) is 11.6. The first-order valence-corrected chi connectivity index (χ1v) is 4.08. The van der Waals surface area contributed by atoms with Crippen LogP contribution in [0.2, 0.25) is 0 Å². The summed E-state index contributed by atoms with van der Waals surface area (Å²) in [6.07, 6.45) is 0.323. The predicted molar refractivity (Wildman–Crippen MR) is 49.5 cm³/mol. The molecule has 0 aliphatic carbocycles. The van der Waals surface area contributed by atoms with Crippen LogP contribution in [0.5, 0.6) is 5.75 Å². The van der Waals surface area contributed by atoms with Crippen molar-refractivity contribution in [1.29, 1.82) is 0 Å². The summed E-state index contributed by atoms with van der Waals surface area (Å²) in [6.45, 7) is 0. The highest BCUT2D eigenvalue weighted by Crippen LogP contribution is 2.05. The Balaban J connectivity index is 2.60. The van der Waals surface area contributed by atoms with E-state index in [0.717, 1.165) is 0 Å². The van der Waals surface area contributed by atoms with Crippen LogP contribution in [0.1, 0.15) is 5.56 Å². The molecule has 1 aromatic carbocycles. The smallest absolute Gasteiger partial charge is 0.323 e. The van der Waals surface area contributed by atoms with Crippen molar-refractivity contribution in [2.24, 2.45) is 5.73 Å². The summed E-state index contributed by atoms with van der Waals surface area (Å²) in [5.74, 6) is -0.452. The third kappa shape index (κ3) is 2.64. The number of nitrogens with two attached hydrogens (primary N) is 1. The molecule has 1 rings (SSSR count). The SMILES string of the molecule is COC(=O)C(N)Cc1c#cc(O)cc1. The van der Waals surface area contributed by atoms with E-state index in [0.29, 0.717) is 12.0 Å². The summed E-state index contributed by atoms with van der Waals surface area (Å²) in [6, 6.07) is 7.57. The Morgan fingerprint density at radius 1 is 1.64 bits per heavy atom. The van der Waals surface area contributed by atoms with Crippen LogP contribution in [-0.4, -0.2) is 24.2 Å². The number of methoxy groups -OCH3 is 1. The fourth-order valence-corrected chi connectivity index (χ4v) is 0.998. The Morgan fingerprint density at radius 2 is 2.36 bits per heavy atom. The number of carbonyl (C=O) groups excluding carboxylic acids is 1. The predicted octanol–water partition coefficient (Wildman–Crippen LogP) is 0.0354. The zero-order valence-corrected chi connectivity index (χ0v) is 7.78. The molecule has 4 nitrogen and oxygen atoms in total. The molecule has 0 saturated heterocycles. The second-order valence-electron chi connectivity index (χ2n) is 2.83. The highest BCUT2D eigenvalue weighted by Gasteiger charge is 2.13. The Hall–Kier alpha value is -1.73. The molecule has 0 aliphatic rings. The van der Waals surface area contributed by atoms with Gasteiger partial charge in [-0.15, -0.1) is 0 Å². The van der Waals surface area contributed by atoms with E-state index in [9.17, 15) is 4.79 Å². The van der Waals surface area contributed by atoms with E-state index in [1.165, 1.54) is 13.2 Å². The molecule has 4 heteroatoms. The second kappa shape index (κ2) is 4.49. The topological polar surface area (TPSA) is 72.5 Å². The molecule has 0 saturated carbocycles. The van der Waals surface area contributed by atoms with Crippen molar-refractivity contribution in [2.75, 3.05) is 7.11 Å². The van der Waals surface area contributed by atoms with Gasteiger partial charge >= 0.3 is 5.97 Å². The highest BCUT2D eigenvalue weighted by molar-refractivity contribution is 5.75. The number of hydrogen-bond donors (Lipinski definition) is 2. The average Bonchev–Trinajstić information content (AvgIpc) is 2.20. The van der Waals surface area contributed by atoms with E-state index in [1.807, 2.05) is 0 Å². The Kier molecular flexibility index (Phi) is 3.32. The van der Waals surface area contributed by atoms with Gasteiger partial charge in [0.25, 0.3) is 0 Å². The van der Waals surface area contributed by atoms with Crippen molar-refractivity contribution >= 4 is 5.97 Å². The third-order valence-electron chi connectivity index (χ3n) is 1.74. The van der Waals surface area contributed by atoms with Gasteiger partial charge in [-0.05, 0) is 18.2 Å². The van der Waals surface area contributed by atoms with Crippen LogP contribution in [0.4, 0.5) is 0 Å². The van der Waals surface area contributed by atoms with E-state index >= 15 is 0 Å². The molecule has 1 unspecified atom stereocenters. The number of esters is 1. The lowest BCUT2D eigenvalue weighted by molar-refractivity contribution is -0.142. The summed E-state index contributed by atoms with van der Waals surface area (Å²) in [7, 11) is 1.29. The first-order chi connectivity index (χ1) is 6.63. The minimum absolute atomic E-state index is 0.0142. The van der Waals surface area contributed by atoms with Gasteiger partial charge in [-0.1, -0.05) is 6.07 Å². The molecule has 74 valence electrons. The van der Waals surface area contributed by atoms with E-state index < -0.39 is 12.0 Å². The lowest BCUT2D eigenvalue weighted by atomic mass is 10.1. The summed E-state index contributed by atoms with van der Waals surface area (Å²) >= 11 is 0. The quantitative estimate of drug-likeness (QED) is 0.664. The summed E-state index contributed by atoms with van der Waals surface area (Å²) in [5, 5.41) is 8.94. The van der Waals surface area contributed by atoms with Gasteiger partial charge in [0, 0.05) is 12.0 Å². The number of carbonyl (C=O) groups is 1. The molecule has 0 radical (unpaired) electrons. The molecular formula is C10H11NO3. The molecule has 0 aliphatic heterocycles. The van der Waals surface area contributed by atoms with E-state index in [-0.39, 0.29) is 5.75 Å². The molecule has 0 heterocycles. The Morgan fingerprint density at radius 3 is 2.86 bits per heavy atom. The van der Waals surface area contributed by atoms with Crippen molar-refractivity contribution in [1.82, 2.24) is 0 Å². The minimum Gasteiger partial charge on any atom is -0.501 e. The van der Waals surface area contributed by atoms with Crippen molar-refractivity contribution in [3.05, 3.63) is 29.8 Å². The molecule has 0 bridgehead atoms. The van der Waals surface area contributed by atoms with E-state index in [4.69, 9.17) is 10.8 Å². The largest absolute Gasteiger partial charge is 0.501 e. The summed E-state index contributed by atoms with van der Waals surface area (Å²) < 4.78 is 4.47. The first kappa shape index (κ1) is 10.4. The van der Waals surface area contributed by atoms with Gasteiger partial charge in [0.2, 0.25) is 0 Å². The first-order valence-electron chi connectivity index (χ1n) is 4.08. The van der Waals surface area contributed by atoms with Gasteiger partial charge in [0.1, 0.15) is 6.04 Å². The molecule has 1 aromatic rings.